The Kier molecular flexibility index (Phi) is 5.36. The number of rotatable bonds is 6. The summed E-state index contributed by atoms with van der Waals surface area (Å²) in [4.78, 5) is 14.7. The van der Waals surface area contributed by atoms with Crippen LogP contribution in [0, 0.1) is 0 Å². The van der Waals surface area contributed by atoms with Gasteiger partial charge in [-0.25, -0.2) is 10.9 Å². The molecule has 0 spiro atoms. The molecule has 3 atom stereocenters. The first-order valence-electron chi connectivity index (χ1n) is 8.30. The molecule has 3 rings (SSSR count). The van der Waals surface area contributed by atoms with Gasteiger partial charge in [0.05, 0.1) is 0 Å². The van der Waals surface area contributed by atoms with Crippen molar-refractivity contribution in [1.29, 1.82) is 0 Å². The lowest BCUT2D eigenvalue weighted by Gasteiger charge is -2.25. The molecule has 1 saturated heterocycles. The van der Waals surface area contributed by atoms with Crippen LogP contribution in [0.1, 0.15) is 37.8 Å². The molecular formula is C17H25BrN4O. The maximum Gasteiger partial charge on any atom is 0.238 e. The predicted octanol–water partition coefficient (Wildman–Crippen LogP) is 1.96. The van der Waals surface area contributed by atoms with Gasteiger partial charge in [0.25, 0.3) is 0 Å². The van der Waals surface area contributed by atoms with Gasteiger partial charge in [0.1, 0.15) is 6.04 Å². The van der Waals surface area contributed by atoms with E-state index >= 15 is 0 Å². The summed E-state index contributed by atoms with van der Waals surface area (Å²) in [5.41, 5.74) is 7.54. The van der Waals surface area contributed by atoms with Gasteiger partial charge >= 0.3 is 0 Å². The lowest BCUT2D eigenvalue weighted by atomic mass is 10.0. The van der Waals surface area contributed by atoms with Crippen LogP contribution in [0.4, 0.5) is 0 Å². The Labute approximate surface area is 146 Å². The van der Waals surface area contributed by atoms with Crippen molar-refractivity contribution >= 4 is 21.8 Å². The largest absolute Gasteiger partial charge is 0.353 e. The fraction of sp³-hybridized carbons (Fsp3) is 0.588. The van der Waals surface area contributed by atoms with Crippen LogP contribution in [0.15, 0.2) is 28.7 Å². The average molecular weight is 381 g/mol. The summed E-state index contributed by atoms with van der Waals surface area (Å²) >= 11 is 3.45. The number of halogens is 1. The van der Waals surface area contributed by atoms with Crippen molar-refractivity contribution in [3.8, 4) is 0 Å². The van der Waals surface area contributed by atoms with Crippen LogP contribution in [-0.4, -0.2) is 42.5 Å². The van der Waals surface area contributed by atoms with Crippen LogP contribution in [0.5, 0.6) is 0 Å². The molecule has 1 aliphatic heterocycles. The summed E-state index contributed by atoms with van der Waals surface area (Å²) in [5.74, 6) is 0.0770. The molecule has 126 valence electrons. The van der Waals surface area contributed by atoms with E-state index in [1.54, 1.807) is 0 Å². The van der Waals surface area contributed by atoms with Crippen molar-refractivity contribution in [3.63, 3.8) is 0 Å². The second-order valence-electron chi connectivity index (χ2n) is 6.67. The maximum atomic E-state index is 12.3. The predicted molar refractivity (Wildman–Crippen MR) is 94.8 cm³/mol. The van der Waals surface area contributed by atoms with Crippen molar-refractivity contribution in [1.82, 2.24) is 21.1 Å². The first-order chi connectivity index (χ1) is 11.0. The van der Waals surface area contributed by atoms with E-state index in [2.05, 4.69) is 63.1 Å². The number of amides is 1. The molecule has 1 saturated carbocycles. The zero-order valence-electron chi connectivity index (χ0n) is 13.7. The molecule has 1 aromatic rings. The quantitative estimate of drug-likeness (QED) is 0.705. The normalized spacial score (nSPS) is 25.6. The number of nitrogens with zero attached hydrogens (tertiary/aromatic N) is 1. The van der Waals surface area contributed by atoms with Crippen LogP contribution in [0.25, 0.3) is 0 Å². The van der Waals surface area contributed by atoms with E-state index < -0.39 is 0 Å². The molecule has 0 bridgehead atoms. The molecule has 0 radical (unpaired) electrons. The molecule has 3 unspecified atom stereocenters. The smallest absolute Gasteiger partial charge is 0.238 e. The summed E-state index contributed by atoms with van der Waals surface area (Å²) in [5, 5.41) is 3.08. The molecule has 23 heavy (non-hydrogen) atoms. The van der Waals surface area contributed by atoms with Crippen LogP contribution in [0.2, 0.25) is 0 Å². The molecule has 2 fully saturated rings. The third-order valence-corrected chi connectivity index (χ3v) is 5.41. The number of nitrogens with one attached hydrogen (secondary N) is 3. The fourth-order valence-electron chi connectivity index (χ4n) is 3.00. The molecule has 1 aromatic carbocycles. The van der Waals surface area contributed by atoms with Crippen molar-refractivity contribution < 1.29 is 4.79 Å². The van der Waals surface area contributed by atoms with Gasteiger partial charge in [-0.3, -0.25) is 9.69 Å². The van der Waals surface area contributed by atoms with Crippen LogP contribution < -0.4 is 16.2 Å². The number of hydrogen-bond acceptors (Lipinski definition) is 4. The van der Waals surface area contributed by atoms with E-state index in [9.17, 15) is 4.79 Å². The highest BCUT2D eigenvalue weighted by atomic mass is 79.9. The topological polar surface area (TPSA) is 56.4 Å². The summed E-state index contributed by atoms with van der Waals surface area (Å²) in [6.45, 7) is 2.87. The van der Waals surface area contributed by atoms with Gasteiger partial charge in [-0.2, -0.15) is 0 Å². The number of carbonyl (C=O) groups excluding carboxylic acids is 1. The SMILES string of the molecule is CC(CNC(=O)C1CC(c2ccc(Br)cc2)NN1)N(C)C1CC1. The van der Waals surface area contributed by atoms with Gasteiger partial charge in [0.15, 0.2) is 0 Å². The number of hydrogen-bond donors (Lipinski definition) is 3. The Morgan fingerprint density at radius 2 is 2.04 bits per heavy atom. The van der Waals surface area contributed by atoms with Crippen molar-refractivity contribution in [3.05, 3.63) is 34.3 Å². The third kappa shape index (κ3) is 4.32. The summed E-state index contributed by atoms with van der Waals surface area (Å²) < 4.78 is 1.07. The number of benzene rings is 1. The van der Waals surface area contributed by atoms with Gasteiger partial charge in [-0.15, -0.1) is 0 Å². The van der Waals surface area contributed by atoms with Gasteiger partial charge in [-0.05, 0) is 50.9 Å². The summed E-state index contributed by atoms with van der Waals surface area (Å²) in [6.07, 6.45) is 3.34. The highest BCUT2D eigenvalue weighted by Crippen LogP contribution is 2.27. The second kappa shape index (κ2) is 7.30. The highest BCUT2D eigenvalue weighted by molar-refractivity contribution is 9.10. The van der Waals surface area contributed by atoms with Crippen molar-refractivity contribution in [2.24, 2.45) is 0 Å². The number of hydrazine groups is 1. The Hall–Kier alpha value is -0.950. The van der Waals surface area contributed by atoms with Crippen LogP contribution in [0.3, 0.4) is 0 Å². The lowest BCUT2D eigenvalue weighted by molar-refractivity contribution is -0.123. The third-order valence-electron chi connectivity index (χ3n) is 4.88. The maximum absolute atomic E-state index is 12.3. The molecular weight excluding hydrogens is 356 g/mol. The van der Waals surface area contributed by atoms with Crippen LogP contribution >= 0.6 is 15.9 Å². The highest BCUT2D eigenvalue weighted by Gasteiger charge is 2.32. The standard InChI is InChI=1S/C17H25BrN4O/c1-11(22(2)14-7-8-14)10-19-17(23)16-9-15(20-21-16)12-3-5-13(18)6-4-12/h3-6,11,14-16,20-21H,7-10H2,1-2H3,(H,19,23). The van der Waals surface area contributed by atoms with Gasteiger partial charge in [0, 0.05) is 29.1 Å². The van der Waals surface area contributed by atoms with E-state index in [0.29, 0.717) is 12.6 Å². The Bertz CT molecular complexity index is 546. The average Bonchev–Trinajstić information content (AvgIpc) is 3.29. The van der Waals surface area contributed by atoms with Crippen molar-refractivity contribution in [2.45, 2.75) is 50.4 Å². The Morgan fingerprint density at radius 1 is 1.35 bits per heavy atom. The minimum atomic E-state index is -0.179. The second-order valence-corrected chi connectivity index (χ2v) is 7.59. The monoisotopic (exact) mass is 380 g/mol. The zero-order valence-corrected chi connectivity index (χ0v) is 15.3. The van der Waals surface area contributed by atoms with E-state index in [1.165, 1.54) is 18.4 Å². The van der Waals surface area contributed by atoms with E-state index in [0.717, 1.165) is 16.9 Å². The van der Waals surface area contributed by atoms with Gasteiger partial charge in [0.2, 0.25) is 5.91 Å². The molecule has 0 aromatic heterocycles. The first-order valence-corrected chi connectivity index (χ1v) is 9.10. The molecule has 1 amide bonds. The van der Waals surface area contributed by atoms with E-state index in [-0.39, 0.29) is 18.0 Å². The minimum absolute atomic E-state index is 0.0770. The lowest BCUT2D eigenvalue weighted by Crippen LogP contribution is -2.47. The Morgan fingerprint density at radius 3 is 2.70 bits per heavy atom. The summed E-state index contributed by atoms with van der Waals surface area (Å²) in [6, 6.07) is 9.30. The number of carbonyl (C=O) groups is 1. The van der Waals surface area contributed by atoms with E-state index in [1.807, 2.05) is 12.1 Å². The molecule has 6 heteroatoms. The molecule has 3 N–H and O–H groups in total. The van der Waals surface area contributed by atoms with Crippen molar-refractivity contribution in [2.75, 3.05) is 13.6 Å². The summed E-state index contributed by atoms with van der Waals surface area (Å²) in [7, 11) is 2.15. The Balaban J connectivity index is 1.46. The van der Waals surface area contributed by atoms with Gasteiger partial charge in [-0.1, -0.05) is 28.1 Å². The molecule has 1 aliphatic carbocycles. The molecule has 5 nitrogen and oxygen atoms in total. The fourth-order valence-corrected chi connectivity index (χ4v) is 3.26. The molecule has 1 heterocycles. The van der Waals surface area contributed by atoms with Crippen LogP contribution in [-0.2, 0) is 4.79 Å². The number of likely N-dealkylation sites (N-methyl/N-ethyl adjacent to an activating group) is 1. The first kappa shape index (κ1) is 16.9. The molecule has 2 aliphatic rings. The minimum Gasteiger partial charge on any atom is -0.353 e. The van der Waals surface area contributed by atoms with E-state index in [4.69, 9.17) is 0 Å². The zero-order chi connectivity index (χ0) is 16.4. The van der Waals surface area contributed by atoms with Gasteiger partial charge < -0.3 is 5.32 Å².